The van der Waals surface area contributed by atoms with Crippen LogP contribution in [-0.4, -0.2) is 30.3 Å². The Morgan fingerprint density at radius 1 is 1.44 bits per heavy atom. The molecule has 1 aliphatic carbocycles. The summed E-state index contributed by atoms with van der Waals surface area (Å²) in [5.74, 6) is 0.709. The summed E-state index contributed by atoms with van der Waals surface area (Å²) >= 11 is 0. The van der Waals surface area contributed by atoms with Gasteiger partial charge in [0.25, 0.3) is 0 Å². The highest BCUT2D eigenvalue weighted by molar-refractivity contribution is 5.69. The van der Waals surface area contributed by atoms with E-state index in [1.807, 2.05) is 20.8 Å². The Morgan fingerprint density at radius 2 is 2.17 bits per heavy atom. The first kappa shape index (κ1) is 13.7. The molecular weight excluding hydrogens is 228 g/mol. The van der Waals surface area contributed by atoms with E-state index >= 15 is 0 Å². The van der Waals surface area contributed by atoms with E-state index in [9.17, 15) is 4.79 Å². The van der Waals surface area contributed by atoms with Crippen LogP contribution in [0.4, 0.5) is 4.79 Å². The molecule has 4 heteroatoms. The molecule has 1 amide bonds. The van der Waals surface area contributed by atoms with Crippen LogP contribution in [0.5, 0.6) is 0 Å². The van der Waals surface area contributed by atoms with Crippen LogP contribution in [0, 0.1) is 5.92 Å². The van der Waals surface area contributed by atoms with Crippen LogP contribution >= 0.6 is 0 Å². The zero-order valence-electron chi connectivity index (χ0n) is 11.8. The summed E-state index contributed by atoms with van der Waals surface area (Å²) in [6.07, 6.45) is 5.49. The molecule has 104 valence electrons. The maximum Gasteiger partial charge on any atom is 0.408 e. The molecule has 0 aromatic carbocycles. The first-order chi connectivity index (χ1) is 8.39. The summed E-state index contributed by atoms with van der Waals surface area (Å²) in [4.78, 5) is 11.9. The lowest BCUT2D eigenvalue weighted by Crippen LogP contribution is -2.55. The van der Waals surface area contributed by atoms with E-state index in [1.54, 1.807) is 0 Å². The van der Waals surface area contributed by atoms with Gasteiger partial charge in [0.2, 0.25) is 0 Å². The average molecular weight is 254 g/mol. The van der Waals surface area contributed by atoms with Gasteiger partial charge in [-0.3, -0.25) is 0 Å². The third-order valence-corrected chi connectivity index (χ3v) is 3.92. The second-order valence-electron chi connectivity index (χ2n) is 6.82. The summed E-state index contributed by atoms with van der Waals surface area (Å²) in [7, 11) is 0. The fraction of sp³-hybridized carbons (Fsp3) is 0.929. The minimum atomic E-state index is -0.413. The van der Waals surface area contributed by atoms with Crippen molar-refractivity contribution in [1.82, 2.24) is 10.6 Å². The second-order valence-corrected chi connectivity index (χ2v) is 6.82. The molecule has 1 aliphatic heterocycles. The van der Waals surface area contributed by atoms with Gasteiger partial charge >= 0.3 is 6.09 Å². The lowest BCUT2D eigenvalue weighted by Gasteiger charge is -2.44. The van der Waals surface area contributed by atoms with Gasteiger partial charge in [0.05, 0.1) is 0 Å². The molecule has 2 rings (SSSR count). The molecule has 2 aliphatic rings. The molecule has 1 saturated carbocycles. The predicted octanol–water partition coefficient (Wildman–Crippen LogP) is 2.43. The van der Waals surface area contributed by atoms with E-state index in [0.29, 0.717) is 5.92 Å². The van der Waals surface area contributed by atoms with Gasteiger partial charge in [-0.05, 0) is 71.9 Å². The molecule has 2 fully saturated rings. The van der Waals surface area contributed by atoms with Gasteiger partial charge in [-0.1, -0.05) is 0 Å². The fourth-order valence-corrected chi connectivity index (χ4v) is 2.95. The van der Waals surface area contributed by atoms with Gasteiger partial charge in [-0.15, -0.1) is 0 Å². The number of carbonyl (C=O) groups excluding carboxylic acids is 1. The minimum absolute atomic E-state index is 0.0129. The maximum absolute atomic E-state index is 11.9. The predicted molar refractivity (Wildman–Crippen MR) is 71.5 cm³/mol. The molecule has 2 N–H and O–H groups in total. The highest BCUT2D eigenvalue weighted by Gasteiger charge is 2.41. The van der Waals surface area contributed by atoms with Crippen molar-refractivity contribution in [1.29, 1.82) is 0 Å². The SMILES string of the molecule is CC(C)(C)OC(=O)NC1(CC2CCNC2)CCC1. The van der Waals surface area contributed by atoms with Crippen LogP contribution in [0.3, 0.4) is 0 Å². The maximum atomic E-state index is 11.9. The minimum Gasteiger partial charge on any atom is -0.444 e. The van der Waals surface area contributed by atoms with Crippen LogP contribution in [0.15, 0.2) is 0 Å². The summed E-state index contributed by atoms with van der Waals surface area (Å²) in [6, 6.07) is 0. The van der Waals surface area contributed by atoms with E-state index in [1.165, 1.54) is 12.8 Å². The fourth-order valence-electron chi connectivity index (χ4n) is 2.95. The van der Waals surface area contributed by atoms with Crippen molar-refractivity contribution in [3.05, 3.63) is 0 Å². The van der Waals surface area contributed by atoms with Crippen molar-refractivity contribution in [2.75, 3.05) is 13.1 Å². The van der Waals surface area contributed by atoms with Crippen LogP contribution < -0.4 is 10.6 Å². The lowest BCUT2D eigenvalue weighted by molar-refractivity contribution is 0.0349. The van der Waals surface area contributed by atoms with Crippen LogP contribution in [-0.2, 0) is 4.74 Å². The summed E-state index contributed by atoms with van der Waals surface area (Å²) in [6.45, 7) is 7.92. The van der Waals surface area contributed by atoms with Crippen molar-refractivity contribution >= 4 is 6.09 Å². The highest BCUT2D eigenvalue weighted by Crippen LogP contribution is 2.38. The van der Waals surface area contributed by atoms with E-state index in [4.69, 9.17) is 4.74 Å². The Morgan fingerprint density at radius 3 is 2.61 bits per heavy atom. The number of rotatable bonds is 3. The number of amides is 1. The first-order valence-corrected chi connectivity index (χ1v) is 7.10. The largest absolute Gasteiger partial charge is 0.444 e. The van der Waals surface area contributed by atoms with Crippen molar-refractivity contribution in [2.45, 2.75) is 64.0 Å². The summed E-state index contributed by atoms with van der Waals surface area (Å²) in [5.41, 5.74) is -0.400. The summed E-state index contributed by atoms with van der Waals surface area (Å²) < 4.78 is 5.37. The van der Waals surface area contributed by atoms with E-state index in [-0.39, 0.29) is 11.6 Å². The van der Waals surface area contributed by atoms with E-state index < -0.39 is 5.60 Å². The Hall–Kier alpha value is -0.770. The first-order valence-electron chi connectivity index (χ1n) is 7.10. The topological polar surface area (TPSA) is 50.4 Å². The van der Waals surface area contributed by atoms with Crippen molar-refractivity contribution in [2.24, 2.45) is 5.92 Å². The molecule has 0 aromatic heterocycles. The van der Waals surface area contributed by atoms with Crippen LogP contribution in [0.1, 0.15) is 52.9 Å². The van der Waals surface area contributed by atoms with Gasteiger partial charge in [0.15, 0.2) is 0 Å². The van der Waals surface area contributed by atoms with Crippen molar-refractivity contribution < 1.29 is 9.53 Å². The molecule has 1 saturated heterocycles. The standard InChI is InChI=1S/C14H26N2O2/c1-13(2,3)18-12(17)16-14(6-4-7-14)9-11-5-8-15-10-11/h11,15H,4-10H2,1-3H3,(H,16,17). The molecule has 0 aromatic rings. The molecule has 18 heavy (non-hydrogen) atoms. The third kappa shape index (κ3) is 3.61. The quantitative estimate of drug-likeness (QED) is 0.813. The van der Waals surface area contributed by atoms with Crippen LogP contribution in [0.2, 0.25) is 0 Å². The number of hydrogen-bond donors (Lipinski definition) is 2. The molecular formula is C14H26N2O2. The lowest BCUT2D eigenvalue weighted by atomic mass is 9.71. The smallest absolute Gasteiger partial charge is 0.408 e. The van der Waals surface area contributed by atoms with Crippen molar-refractivity contribution in [3.8, 4) is 0 Å². The van der Waals surface area contributed by atoms with Gasteiger partial charge in [0.1, 0.15) is 5.60 Å². The van der Waals surface area contributed by atoms with E-state index in [0.717, 1.165) is 32.4 Å². The molecule has 0 radical (unpaired) electrons. The van der Waals surface area contributed by atoms with E-state index in [2.05, 4.69) is 10.6 Å². The molecule has 1 atom stereocenters. The molecule has 0 bridgehead atoms. The molecule has 0 spiro atoms. The van der Waals surface area contributed by atoms with Gasteiger partial charge < -0.3 is 15.4 Å². The number of carbonyl (C=O) groups is 1. The number of alkyl carbamates (subject to hydrolysis) is 1. The van der Waals surface area contributed by atoms with Gasteiger partial charge in [-0.25, -0.2) is 4.79 Å². The van der Waals surface area contributed by atoms with Crippen LogP contribution in [0.25, 0.3) is 0 Å². The van der Waals surface area contributed by atoms with Gasteiger partial charge in [-0.2, -0.15) is 0 Å². The zero-order chi connectivity index (χ0) is 13.2. The summed E-state index contributed by atoms with van der Waals surface area (Å²) in [5, 5.41) is 6.52. The molecule has 1 heterocycles. The van der Waals surface area contributed by atoms with Crippen molar-refractivity contribution in [3.63, 3.8) is 0 Å². The monoisotopic (exact) mass is 254 g/mol. The molecule has 4 nitrogen and oxygen atoms in total. The Bertz CT molecular complexity index is 299. The Kier molecular flexibility index (Phi) is 3.85. The Labute approximate surface area is 110 Å². The number of ether oxygens (including phenoxy) is 1. The molecule has 1 unspecified atom stereocenters. The average Bonchev–Trinajstić information content (AvgIpc) is 2.63. The number of nitrogens with one attached hydrogen (secondary N) is 2. The van der Waals surface area contributed by atoms with Gasteiger partial charge in [0, 0.05) is 5.54 Å². The normalized spacial score (nSPS) is 26.5. The third-order valence-electron chi connectivity index (χ3n) is 3.92. The Balaban J connectivity index is 1.85. The highest BCUT2D eigenvalue weighted by atomic mass is 16.6. The number of hydrogen-bond acceptors (Lipinski definition) is 3. The second kappa shape index (κ2) is 5.08. The zero-order valence-corrected chi connectivity index (χ0v) is 11.8.